The zero-order valence-electron chi connectivity index (χ0n) is 11.5. The number of halogens is 1. The Morgan fingerprint density at radius 3 is 2.65 bits per heavy atom. The van der Waals surface area contributed by atoms with Crippen LogP contribution in [0.5, 0.6) is 0 Å². The topological polar surface area (TPSA) is 46.6 Å². The summed E-state index contributed by atoms with van der Waals surface area (Å²) in [5, 5.41) is 0. The van der Waals surface area contributed by atoms with Crippen molar-refractivity contribution >= 4 is 33.0 Å². The first-order chi connectivity index (χ1) is 9.57. The molecule has 1 aliphatic rings. The molecule has 2 heterocycles. The van der Waals surface area contributed by atoms with Crippen LogP contribution in [0.4, 0.5) is 0 Å². The molecule has 0 saturated carbocycles. The third-order valence-electron chi connectivity index (χ3n) is 3.41. The number of aryl methyl sites for hydroxylation is 1. The number of ether oxygens (including phenoxy) is 1. The van der Waals surface area contributed by atoms with Crippen LogP contribution in [0.3, 0.4) is 0 Å². The molecule has 2 rings (SSSR count). The van der Waals surface area contributed by atoms with E-state index >= 15 is 0 Å². The normalized spacial score (nSPS) is 18.5. The zero-order chi connectivity index (χ0) is 14.6. The van der Waals surface area contributed by atoms with Crippen molar-refractivity contribution in [3.05, 3.63) is 17.0 Å². The van der Waals surface area contributed by atoms with E-state index in [1.54, 1.807) is 10.4 Å². The summed E-state index contributed by atoms with van der Waals surface area (Å²) in [7, 11) is -3.32. The number of sulfonamides is 1. The minimum atomic E-state index is -3.32. The summed E-state index contributed by atoms with van der Waals surface area (Å²) in [5.74, 6) is 0.480. The standard InChI is InChI=1S/C13H20ClNO3S2/c1-2-12-3-4-13(19-12)20(16,17)15-8-5-11(6-9-15)18-10-7-14/h3-4,11H,2,5-10H2,1H3. The largest absolute Gasteiger partial charge is 0.377 e. The maximum atomic E-state index is 12.5. The SMILES string of the molecule is CCc1ccc(S(=O)(=O)N2CCC(OCCCl)CC2)s1. The molecule has 0 aromatic carbocycles. The van der Waals surface area contributed by atoms with Crippen molar-refractivity contribution in [2.45, 2.75) is 36.5 Å². The molecule has 0 spiro atoms. The molecule has 0 unspecified atom stereocenters. The molecular weight excluding hydrogens is 318 g/mol. The van der Waals surface area contributed by atoms with E-state index in [9.17, 15) is 8.42 Å². The lowest BCUT2D eigenvalue weighted by atomic mass is 10.1. The van der Waals surface area contributed by atoms with Crippen LogP contribution in [0.2, 0.25) is 0 Å². The number of alkyl halides is 1. The molecule has 1 saturated heterocycles. The van der Waals surface area contributed by atoms with E-state index < -0.39 is 10.0 Å². The minimum Gasteiger partial charge on any atom is -0.377 e. The average molecular weight is 338 g/mol. The van der Waals surface area contributed by atoms with Gasteiger partial charge in [-0.05, 0) is 31.4 Å². The van der Waals surface area contributed by atoms with Crippen LogP contribution in [-0.4, -0.2) is 44.4 Å². The third-order valence-corrected chi connectivity index (χ3v) is 7.16. The third kappa shape index (κ3) is 3.74. The Morgan fingerprint density at radius 1 is 1.40 bits per heavy atom. The summed E-state index contributed by atoms with van der Waals surface area (Å²) >= 11 is 6.96. The molecule has 1 aliphatic heterocycles. The summed E-state index contributed by atoms with van der Waals surface area (Å²) in [6.07, 6.45) is 2.48. The van der Waals surface area contributed by atoms with Gasteiger partial charge in [0.15, 0.2) is 0 Å². The fraction of sp³-hybridized carbons (Fsp3) is 0.692. The van der Waals surface area contributed by atoms with Gasteiger partial charge in [-0.2, -0.15) is 4.31 Å². The molecule has 4 nitrogen and oxygen atoms in total. The van der Waals surface area contributed by atoms with Crippen LogP contribution in [0.25, 0.3) is 0 Å². The molecule has 0 N–H and O–H groups in total. The average Bonchev–Trinajstić information content (AvgIpc) is 2.95. The summed E-state index contributed by atoms with van der Waals surface area (Å²) < 4.78 is 32.6. The van der Waals surface area contributed by atoms with E-state index in [1.807, 2.05) is 13.0 Å². The Hall–Kier alpha value is -0.140. The minimum absolute atomic E-state index is 0.134. The molecule has 0 radical (unpaired) electrons. The molecule has 1 fully saturated rings. The molecule has 0 amide bonds. The molecule has 1 aromatic heterocycles. The second kappa shape index (κ2) is 7.22. The van der Waals surface area contributed by atoms with E-state index in [1.165, 1.54) is 11.3 Å². The van der Waals surface area contributed by atoms with Gasteiger partial charge >= 0.3 is 0 Å². The quantitative estimate of drug-likeness (QED) is 0.750. The van der Waals surface area contributed by atoms with Gasteiger partial charge in [-0.3, -0.25) is 0 Å². The number of thiophene rings is 1. The Bertz CT molecular complexity index is 521. The van der Waals surface area contributed by atoms with Crippen LogP contribution >= 0.6 is 22.9 Å². The van der Waals surface area contributed by atoms with Crippen molar-refractivity contribution in [2.24, 2.45) is 0 Å². The molecular formula is C13H20ClNO3S2. The highest BCUT2D eigenvalue weighted by atomic mass is 35.5. The molecule has 0 aliphatic carbocycles. The monoisotopic (exact) mass is 337 g/mol. The number of nitrogens with zero attached hydrogens (tertiary/aromatic N) is 1. The van der Waals surface area contributed by atoms with E-state index in [-0.39, 0.29) is 6.10 Å². The number of hydrogen-bond acceptors (Lipinski definition) is 4. The fourth-order valence-electron chi connectivity index (χ4n) is 2.26. The molecule has 0 bridgehead atoms. The van der Waals surface area contributed by atoms with Gasteiger partial charge in [-0.25, -0.2) is 8.42 Å². The number of hydrogen-bond donors (Lipinski definition) is 0. The summed E-state index contributed by atoms with van der Waals surface area (Å²) in [6.45, 7) is 3.61. The molecule has 1 aromatic rings. The Labute approximate surface area is 129 Å². The van der Waals surface area contributed by atoms with Crippen molar-refractivity contribution in [3.63, 3.8) is 0 Å². The van der Waals surface area contributed by atoms with E-state index in [2.05, 4.69) is 0 Å². The lowest BCUT2D eigenvalue weighted by Gasteiger charge is -2.30. The molecule has 0 atom stereocenters. The predicted octanol–water partition coefficient (Wildman–Crippen LogP) is 2.72. The van der Waals surface area contributed by atoms with Crippen molar-refractivity contribution in [1.82, 2.24) is 4.31 Å². The first-order valence-corrected chi connectivity index (χ1v) is 9.63. The van der Waals surface area contributed by atoms with Gasteiger partial charge in [0.1, 0.15) is 4.21 Å². The van der Waals surface area contributed by atoms with Crippen molar-refractivity contribution in [1.29, 1.82) is 0 Å². The van der Waals surface area contributed by atoms with Gasteiger partial charge in [0.25, 0.3) is 10.0 Å². The second-order valence-corrected chi connectivity index (χ2v) is 8.45. The van der Waals surface area contributed by atoms with E-state index in [4.69, 9.17) is 16.3 Å². The number of piperidine rings is 1. The van der Waals surface area contributed by atoms with Gasteiger partial charge in [-0.15, -0.1) is 22.9 Å². The Morgan fingerprint density at radius 2 is 2.10 bits per heavy atom. The van der Waals surface area contributed by atoms with Gasteiger partial charge < -0.3 is 4.74 Å². The highest BCUT2D eigenvalue weighted by Gasteiger charge is 2.30. The lowest BCUT2D eigenvalue weighted by molar-refractivity contribution is 0.0301. The summed E-state index contributed by atoms with van der Waals surface area (Å²) in [4.78, 5) is 1.10. The highest BCUT2D eigenvalue weighted by Crippen LogP contribution is 2.27. The fourth-order valence-corrected chi connectivity index (χ4v) is 5.27. The Balaban J connectivity index is 1.98. The van der Waals surface area contributed by atoms with Crippen LogP contribution in [-0.2, 0) is 21.2 Å². The predicted molar refractivity (Wildman–Crippen MR) is 82.1 cm³/mol. The van der Waals surface area contributed by atoms with Crippen LogP contribution in [0.1, 0.15) is 24.6 Å². The number of rotatable bonds is 6. The van der Waals surface area contributed by atoms with Gasteiger partial charge in [0.05, 0.1) is 12.7 Å². The first kappa shape index (κ1) is 16.2. The lowest BCUT2D eigenvalue weighted by Crippen LogP contribution is -2.40. The van der Waals surface area contributed by atoms with Gasteiger partial charge in [0, 0.05) is 23.8 Å². The Kier molecular flexibility index (Phi) is 5.86. The maximum Gasteiger partial charge on any atom is 0.252 e. The highest BCUT2D eigenvalue weighted by molar-refractivity contribution is 7.91. The van der Waals surface area contributed by atoms with E-state index in [0.29, 0.717) is 29.8 Å². The maximum absolute atomic E-state index is 12.5. The van der Waals surface area contributed by atoms with Gasteiger partial charge in [0.2, 0.25) is 0 Å². The zero-order valence-corrected chi connectivity index (χ0v) is 13.9. The molecule has 20 heavy (non-hydrogen) atoms. The van der Waals surface area contributed by atoms with Crippen LogP contribution < -0.4 is 0 Å². The van der Waals surface area contributed by atoms with Crippen LogP contribution in [0.15, 0.2) is 16.3 Å². The smallest absolute Gasteiger partial charge is 0.252 e. The first-order valence-electron chi connectivity index (χ1n) is 6.84. The molecule has 7 heteroatoms. The van der Waals surface area contributed by atoms with Gasteiger partial charge in [-0.1, -0.05) is 6.92 Å². The molecule has 114 valence electrons. The van der Waals surface area contributed by atoms with Crippen LogP contribution in [0, 0.1) is 0 Å². The summed E-state index contributed by atoms with van der Waals surface area (Å²) in [5.41, 5.74) is 0. The van der Waals surface area contributed by atoms with Crippen molar-refractivity contribution in [3.8, 4) is 0 Å². The second-order valence-electron chi connectivity index (χ2n) is 4.74. The van der Waals surface area contributed by atoms with Crippen molar-refractivity contribution in [2.75, 3.05) is 25.6 Å². The van der Waals surface area contributed by atoms with Crippen molar-refractivity contribution < 1.29 is 13.2 Å². The summed E-state index contributed by atoms with van der Waals surface area (Å²) in [6, 6.07) is 3.61. The van der Waals surface area contributed by atoms with E-state index in [0.717, 1.165) is 24.1 Å².